The van der Waals surface area contributed by atoms with Crippen LogP contribution in [0.25, 0.3) is 0 Å². The van der Waals surface area contributed by atoms with Gasteiger partial charge in [-0.05, 0) is 67.0 Å². The topological polar surface area (TPSA) is 83.9 Å². The van der Waals surface area contributed by atoms with Gasteiger partial charge < -0.3 is 10.6 Å². The Labute approximate surface area is 205 Å². The number of rotatable bonds is 8. The number of hydrogen-bond acceptors (Lipinski definition) is 4. The molecule has 1 aliphatic rings. The molecule has 1 saturated carbocycles. The highest BCUT2D eigenvalue weighted by molar-refractivity contribution is 5.99. The van der Waals surface area contributed by atoms with Gasteiger partial charge in [-0.3, -0.25) is 10.00 Å². The number of aryl methyl sites for hydroxylation is 3. The number of amides is 2. The van der Waals surface area contributed by atoms with Gasteiger partial charge in [-0.15, -0.1) is 0 Å². The van der Waals surface area contributed by atoms with Crippen LogP contribution in [0.5, 0.6) is 0 Å². The first kappa shape index (κ1) is 24.4. The van der Waals surface area contributed by atoms with Crippen LogP contribution in [0.15, 0.2) is 54.9 Å². The maximum Gasteiger partial charge on any atom is 0.324 e. The molecule has 0 aliphatic heterocycles. The second kappa shape index (κ2) is 9.90. The first-order valence-corrected chi connectivity index (χ1v) is 11.9. The zero-order valence-electron chi connectivity index (χ0n) is 20.8. The number of pyridine rings is 1. The zero-order valence-corrected chi connectivity index (χ0v) is 20.8. The van der Waals surface area contributed by atoms with E-state index in [1.165, 1.54) is 18.9 Å². The highest BCUT2D eigenvalue weighted by atomic mass is 19.1. The van der Waals surface area contributed by atoms with Gasteiger partial charge in [0.25, 0.3) is 0 Å². The van der Waals surface area contributed by atoms with E-state index in [1.807, 2.05) is 45.0 Å². The molecule has 2 amide bonds. The van der Waals surface area contributed by atoms with Crippen LogP contribution in [-0.4, -0.2) is 20.8 Å². The third-order valence-corrected chi connectivity index (χ3v) is 6.06. The van der Waals surface area contributed by atoms with Crippen molar-refractivity contribution in [3.05, 3.63) is 77.5 Å². The summed E-state index contributed by atoms with van der Waals surface area (Å²) in [5.41, 5.74) is 3.81. The van der Waals surface area contributed by atoms with Gasteiger partial charge in [-0.2, -0.15) is 5.10 Å². The van der Waals surface area contributed by atoms with Crippen LogP contribution in [0.1, 0.15) is 50.4 Å². The molecule has 0 bridgehead atoms. The molecule has 0 spiro atoms. The summed E-state index contributed by atoms with van der Waals surface area (Å²) >= 11 is 0. The summed E-state index contributed by atoms with van der Waals surface area (Å²) in [5.74, 6) is 1.41. The Bertz CT molecular complexity index is 1240. The molecule has 2 aromatic heterocycles. The molecule has 35 heavy (non-hydrogen) atoms. The van der Waals surface area contributed by atoms with Gasteiger partial charge in [0.2, 0.25) is 0 Å². The first-order valence-electron chi connectivity index (χ1n) is 11.9. The van der Waals surface area contributed by atoms with Gasteiger partial charge in [0, 0.05) is 30.4 Å². The highest BCUT2D eigenvalue weighted by Gasteiger charge is 2.24. The second-order valence-corrected chi connectivity index (χ2v) is 10.2. The van der Waals surface area contributed by atoms with Crippen LogP contribution in [0.4, 0.5) is 26.5 Å². The Morgan fingerprint density at radius 1 is 1.09 bits per heavy atom. The van der Waals surface area contributed by atoms with Crippen LogP contribution in [0.2, 0.25) is 0 Å². The summed E-state index contributed by atoms with van der Waals surface area (Å²) in [6.45, 7) is 10.2. The van der Waals surface area contributed by atoms with Crippen LogP contribution < -0.4 is 16.0 Å². The molecule has 8 heteroatoms. The maximum atomic E-state index is 14.7. The minimum Gasteiger partial charge on any atom is -0.344 e. The Morgan fingerprint density at radius 3 is 2.43 bits per heavy atom. The molecular weight excluding hydrogens is 443 g/mol. The molecule has 0 unspecified atom stereocenters. The van der Waals surface area contributed by atoms with Gasteiger partial charge in [-0.1, -0.05) is 33.4 Å². The highest BCUT2D eigenvalue weighted by Crippen LogP contribution is 2.35. The molecule has 1 aliphatic carbocycles. The van der Waals surface area contributed by atoms with Gasteiger partial charge >= 0.3 is 6.03 Å². The number of aromatic nitrogens is 3. The van der Waals surface area contributed by atoms with E-state index in [-0.39, 0.29) is 11.1 Å². The predicted molar refractivity (Wildman–Crippen MR) is 138 cm³/mol. The molecular formula is C27H33FN6O. The Kier molecular flexibility index (Phi) is 6.91. The van der Waals surface area contributed by atoms with E-state index < -0.39 is 11.8 Å². The quantitative estimate of drug-likeness (QED) is 0.371. The third-order valence-electron chi connectivity index (χ3n) is 6.06. The standard InChI is InChI=1S/C27H33FN6O/c1-17(20-9-10-20)30-24-15-19(12-13-29-24)7-6-18-8-11-22(21(28)14-18)31-26(35)32-25-16-23(27(2,3)4)33-34(25)5/h8,11-16,20H,1,6-7,9-10H2,2-5H3,(H,29,30)(H2,31,32,35). The van der Waals surface area contributed by atoms with Crippen LogP contribution in [0, 0.1) is 11.7 Å². The number of benzene rings is 1. The number of halogens is 1. The molecule has 0 radical (unpaired) electrons. The maximum absolute atomic E-state index is 14.7. The smallest absolute Gasteiger partial charge is 0.324 e. The normalized spacial score (nSPS) is 13.4. The monoisotopic (exact) mass is 476 g/mol. The fourth-order valence-electron chi connectivity index (χ4n) is 3.72. The van der Waals surface area contributed by atoms with E-state index >= 15 is 0 Å². The number of carbonyl (C=O) groups excluding carboxylic acids is 1. The minimum atomic E-state index is -0.523. The molecule has 184 valence electrons. The van der Waals surface area contributed by atoms with Gasteiger partial charge in [0.05, 0.1) is 11.4 Å². The summed E-state index contributed by atoms with van der Waals surface area (Å²) < 4.78 is 16.3. The number of allylic oxidation sites excluding steroid dienone is 1. The molecule has 4 rings (SSSR count). The minimum absolute atomic E-state index is 0.124. The van der Waals surface area contributed by atoms with E-state index in [9.17, 15) is 9.18 Å². The lowest BCUT2D eigenvalue weighted by Crippen LogP contribution is -2.21. The fourth-order valence-corrected chi connectivity index (χ4v) is 3.72. The van der Waals surface area contributed by atoms with E-state index in [2.05, 4.69) is 32.6 Å². The van der Waals surface area contributed by atoms with Crippen molar-refractivity contribution in [1.82, 2.24) is 14.8 Å². The molecule has 3 aromatic rings. The van der Waals surface area contributed by atoms with Crippen LogP contribution in [0.3, 0.4) is 0 Å². The van der Waals surface area contributed by atoms with Crippen molar-refractivity contribution in [2.45, 2.75) is 51.9 Å². The average molecular weight is 477 g/mol. The largest absolute Gasteiger partial charge is 0.344 e. The lowest BCUT2D eigenvalue weighted by molar-refractivity contribution is 0.262. The number of nitrogens with one attached hydrogen (secondary N) is 3. The lowest BCUT2D eigenvalue weighted by Gasteiger charge is -2.13. The SMILES string of the molecule is C=C(Nc1cc(CCc2ccc(NC(=O)Nc3cc(C(C)(C)C)nn3C)c(F)c2)ccn1)C1CC1. The average Bonchev–Trinajstić information content (AvgIpc) is 3.57. The molecule has 1 aromatic carbocycles. The number of carbonyl (C=O) groups is 1. The molecule has 1 fully saturated rings. The van der Waals surface area contributed by atoms with E-state index in [4.69, 9.17) is 0 Å². The van der Waals surface area contributed by atoms with Crippen molar-refractivity contribution < 1.29 is 9.18 Å². The van der Waals surface area contributed by atoms with Crippen LogP contribution >= 0.6 is 0 Å². The number of anilines is 3. The van der Waals surface area contributed by atoms with Crippen molar-refractivity contribution in [2.24, 2.45) is 13.0 Å². The molecule has 2 heterocycles. The number of urea groups is 1. The second-order valence-electron chi connectivity index (χ2n) is 10.2. The van der Waals surface area contributed by atoms with Gasteiger partial charge in [-0.25, -0.2) is 14.2 Å². The molecule has 0 saturated heterocycles. The zero-order chi connectivity index (χ0) is 25.2. The van der Waals surface area contributed by atoms with E-state index in [0.29, 0.717) is 18.2 Å². The molecule has 7 nitrogen and oxygen atoms in total. The Balaban J connectivity index is 1.33. The summed E-state index contributed by atoms with van der Waals surface area (Å²) in [6.07, 6.45) is 5.56. The van der Waals surface area contributed by atoms with Crippen molar-refractivity contribution >= 4 is 23.4 Å². The van der Waals surface area contributed by atoms with Gasteiger partial charge in [0.15, 0.2) is 0 Å². The summed E-state index contributed by atoms with van der Waals surface area (Å²) in [6, 6.07) is 10.2. The van der Waals surface area contributed by atoms with Crippen molar-refractivity contribution in [3.8, 4) is 0 Å². The number of hydrogen-bond donors (Lipinski definition) is 3. The van der Waals surface area contributed by atoms with Crippen molar-refractivity contribution in [1.29, 1.82) is 0 Å². The first-order chi connectivity index (χ1) is 16.6. The van der Waals surface area contributed by atoms with E-state index in [1.54, 1.807) is 24.0 Å². The predicted octanol–water partition coefficient (Wildman–Crippen LogP) is 6.02. The summed E-state index contributed by atoms with van der Waals surface area (Å²) in [5, 5.41) is 13.0. The Morgan fingerprint density at radius 2 is 1.80 bits per heavy atom. The van der Waals surface area contributed by atoms with Crippen molar-refractivity contribution in [3.63, 3.8) is 0 Å². The van der Waals surface area contributed by atoms with Crippen LogP contribution in [-0.2, 0) is 25.3 Å². The molecule has 3 N–H and O–H groups in total. The fraction of sp³-hybridized carbons (Fsp3) is 0.370. The molecule has 0 atom stereocenters. The third kappa shape index (κ3) is 6.47. The summed E-state index contributed by atoms with van der Waals surface area (Å²) in [7, 11) is 1.76. The lowest BCUT2D eigenvalue weighted by atomic mass is 9.92. The summed E-state index contributed by atoms with van der Waals surface area (Å²) in [4.78, 5) is 16.8. The number of nitrogens with zero attached hydrogens (tertiary/aromatic N) is 3. The van der Waals surface area contributed by atoms with Gasteiger partial charge in [0.1, 0.15) is 17.5 Å². The Hall–Kier alpha value is -3.68. The van der Waals surface area contributed by atoms with Crippen molar-refractivity contribution in [2.75, 3.05) is 16.0 Å². The van der Waals surface area contributed by atoms with E-state index in [0.717, 1.165) is 34.8 Å².